The molecule has 0 aliphatic heterocycles. The predicted octanol–water partition coefficient (Wildman–Crippen LogP) is 3.74. The van der Waals surface area contributed by atoms with Gasteiger partial charge >= 0.3 is 6.18 Å². The fourth-order valence-corrected chi connectivity index (χ4v) is 2.77. The van der Waals surface area contributed by atoms with Crippen LogP contribution in [0.5, 0.6) is 0 Å². The summed E-state index contributed by atoms with van der Waals surface area (Å²) < 4.78 is 37.9. The summed E-state index contributed by atoms with van der Waals surface area (Å²) in [4.78, 5) is 11.4. The Balaban J connectivity index is 2.51. The third kappa shape index (κ3) is 1.84. The molecule has 0 aromatic heterocycles. The molecule has 1 unspecified atom stereocenters. The number of rotatable bonds is 2. The van der Waals surface area contributed by atoms with E-state index in [0.29, 0.717) is 18.4 Å². The van der Waals surface area contributed by atoms with Crippen LogP contribution in [0.4, 0.5) is 13.2 Å². The molecule has 0 bridgehead atoms. The first-order chi connectivity index (χ1) is 8.31. The lowest BCUT2D eigenvalue weighted by Gasteiger charge is -2.28. The highest BCUT2D eigenvalue weighted by Crippen LogP contribution is 2.44. The van der Waals surface area contributed by atoms with Crippen molar-refractivity contribution in [3.8, 4) is 0 Å². The monoisotopic (exact) mass is 256 g/mol. The van der Waals surface area contributed by atoms with Crippen LogP contribution in [0.15, 0.2) is 18.2 Å². The van der Waals surface area contributed by atoms with Crippen molar-refractivity contribution in [2.45, 2.75) is 38.3 Å². The number of fused-ring (bicyclic) bond motifs is 1. The van der Waals surface area contributed by atoms with Crippen LogP contribution in [0, 0.1) is 5.92 Å². The molecule has 1 nitrogen and oxygen atoms in total. The van der Waals surface area contributed by atoms with Crippen LogP contribution in [0.25, 0.3) is 0 Å². The molecule has 1 aromatic carbocycles. The average molecular weight is 256 g/mol. The first kappa shape index (κ1) is 13.1. The second kappa shape index (κ2) is 4.11. The van der Waals surface area contributed by atoms with Gasteiger partial charge in [0.15, 0.2) is 0 Å². The Morgan fingerprint density at radius 1 is 1.33 bits per heavy atom. The van der Waals surface area contributed by atoms with E-state index in [-0.39, 0.29) is 5.92 Å². The van der Waals surface area contributed by atoms with Gasteiger partial charge < -0.3 is 4.79 Å². The number of carbonyl (C=O) groups is 1. The van der Waals surface area contributed by atoms with Crippen molar-refractivity contribution in [1.82, 2.24) is 0 Å². The largest absolute Gasteiger partial charge is 0.416 e. The minimum Gasteiger partial charge on any atom is -0.302 e. The first-order valence-electron chi connectivity index (χ1n) is 5.98. The molecule has 1 aliphatic rings. The van der Waals surface area contributed by atoms with E-state index in [4.69, 9.17) is 0 Å². The third-order valence-electron chi connectivity index (χ3n) is 3.98. The van der Waals surface area contributed by atoms with Gasteiger partial charge in [-0.2, -0.15) is 13.2 Å². The van der Waals surface area contributed by atoms with Gasteiger partial charge in [0.2, 0.25) is 0 Å². The van der Waals surface area contributed by atoms with Gasteiger partial charge in [0.25, 0.3) is 0 Å². The van der Waals surface area contributed by atoms with Crippen LogP contribution >= 0.6 is 0 Å². The summed E-state index contributed by atoms with van der Waals surface area (Å²) in [5.74, 6) is 0.0907. The number of alkyl halides is 3. The highest BCUT2D eigenvalue weighted by Gasteiger charge is 2.42. The topological polar surface area (TPSA) is 17.1 Å². The second-order valence-corrected chi connectivity index (χ2v) is 5.18. The zero-order valence-electron chi connectivity index (χ0n) is 10.3. The summed E-state index contributed by atoms with van der Waals surface area (Å²) >= 11 is 0. The maximum Gasteiger partial charge on any atom is 0.416 e. The van der Waals surface area contributed by atoms with E-state index in [2.05, 4.69) is 0 Å². The number of aldehydes is 1. The van der Waals surface area contributed by atoms with Crippen LogP contribution in [0.2, 0.25) is 0 Å². The van der Waals surface area contributed by atoms with Gasteiger partial charge in [-0.25, -0.2) is 0 Å². The molecule has 18 heavy (non-hydrogen) atoms. The zero-order valence-corrected chi connectivity index (χ0v) is 10.3. The molecular weight excluding hydrogens is 241 g/mol. The van der Waals surface area contributed by atoms with Crippen molar-refractivity contribution in [1.29, 1.82) is 0 Å². The van der Waals surface area contributed by atoms with Gasteiger partial charge in [-0.3, -0.25) is 0 Å². The Labute approximate surface area is 104 Å². The number of aryl methyl sites for hydroxylation is 1. The van der Waals surface area contributed by atoms with E-state index in [9.17, 15) is 18.0 Å². The molecule has 1 atom stereocenters. The molecule has 0 fully saturated rings. The van der Waals surface area contributed by atoms with E-state index in [1.54, 1.807) is 0 Å². The Kier molecular flexibility index (Phi) is 2.99. The van der Waals surface area contributed by atoms with Gasteiger partial charge in [0.1, 0.15) is 6.29 Å². The number of benzene rings is 1. The van der Waals surface area contributed by atoms with Crippen LogP contribution in [-0.2, 0) is 22.8 Å². The van der Waals surface area contributed by atoms with Crippen molar-refractivity contribution in [2.75, 3.05) is 0 Å². The van der Waals surface area contributed by atoms with Crippen LogP contribution < -0.4 is 0 Å². The first-order valence-corrected chi connectivity index (χ1v) is 5.98. The Morgan fingerprint density at radius 2 is 2.00 bits per heavy atom. The summed E-state index contributed by atoms with van der Waals surface area (Å²) in [7, 11) is 0. The summed E-state index contributed by atoms with van der Waals surface area (Å²) in [6, 6.07) is 3.73. The highest BCUT2D eigenvalue weighted by atomic mass is 19.4. The maximum atomic E-state index is 12.6. The molecule has 0 N–H and O–H groups in total. The minimum atomic E-state index is -4.32. The number of halogens is 3. The molecule has 0 saturated carbocycles. The van der Waals surface area contributed by atoms with E-state index >= 15 is 0 Å². The SMILES string of the molecule is CC(C)C1(C=O)CCc2cc(C(F)(F)F)ccc21. The predicted molar refractivity (Wildman–Crippen MR) is 62.3 cm³/mol. The summed E-state index contributed by atoms with van der Waals surface area (Å²) in [5, 5.41) is 0. The molecule has 0 heterocycles. The van der Waals surface area contributed by atoms with Gasteiger partial charge in [-0.15, -0.1) is 0 Å². The third-order valence-corrected chi connectivity index (χ3v) is 3.98. The molecule has 2 rings (SSSR count). The Morgan fingerprint density at radius 3 is 2.50 bits per heavy atom. The average Bonchev–Trinajstić information content (AvgIpc) is 2.66. The molecule has 0 saturated heterocycles. The molecule has 0 spiro atoms. The fraction of sp³-hybridized carbons (Fsp3) is 0.500. The van der Waals surface area contributed by atoms with Crippen LogP contribution in [0.1, 0.15) is 37.0 Å². The molecule has 1 aliphatic carbocycles. The molecule has 0 amide bonds. The lowest BCUT2D eigenvalue weighted by Crippen LogP contribution is -2.31. The standard InChI is InChI=1S/C14H15F3O/c1-9(2)13(8-18)6-5-10-7-11(14(15,16)17)3-4-12(10)13/h3-4,7-9H,5-6H2,1-2H3. The van der Waals surface area contributed by atoms with E-state index in [1.807, 2.05) is 13.8 Å². The van der Waals surface area contributed by atoms with E-state index in [1.165, 1.54) is 12.1 Å². The van der Waals surface area contributed by atoms with E-state index < -0.39 is 17.2 Å². The zero-order chi connectivity index (χ0) is 13.6. The van der Waals surface area contributed by atoms with Crippen molar-refractivity contribution >= 4 is 6.29 Å². The van der Waals surface area contributed by atoms with Crippen molar-refractivity contribution in [3.05, 3.63) is 34.9 Å². The number of hydrogen-bond acceptors (Lipinski definition) is 1. The Hall–Kier alpha value is -1.32. The van der Waals surface area contributed by atoms with E-state index in [0.717, 1.165) is 17.9 Å². The van der Waals surface area contributed by atoms with Gasteiger partial charge in [-0.1, -0.05) is 19.9 Å². The summed E-state index contributed by atoms with van der Waals surface area (Å²) in [5.41, 5.74) is 0.178. The highest BCUT2D eigenvalue weighted by molar-refractivity contribution is 5.72. The molecule has 98 valence electrons. The normalized spacial score (nSPS) is 23.2. The lowest BCUT2D eigenvalue weighted by molar-refractivity contribution is -0.137. The number of hydrogen-bond donors (Lipinski definition) is 0. The van der Waals surface area contributed by atoms with Crippen molar-refractivity contribution in [2.24, 2.45) is 5.92 Å². The number of carbonyl (C=O) groups excluding carboxylic acids is 1. The van der Waals surface area contributed by atoms with Gasteiger partial charge in [-0.05, 0) is 42.0 Å². The van der Waals surface area contributed by atoms with Gasteiger partial charge in [0.05, 0.1) is 11.0 Å². The quantitative estimate of drug-likeness (QED) is 0.737. The second-order valence-electron chi connectivity index (χ2n) is 5.18. The van der Waals surface area contributed by atoms with Crippen LogP contribution in [-0.4, -0.2) is 6.29 Å². The summed E-state index contributed by atoms with van der Waals surface area (Å²) in [6.45, 7) is 3.86. The molecule has 1 aromatic rings. The molecule has 0 radical (unpaired) electrons. The van der Waals surface area contributed by atoms with Crippen molar-refractivity contribution in [3.63, 3.8) is 0 Å². The summed E-state index contributed by atoms with van der Waals surface area (Å²) in [6.07, 6.45) is -2.28. The minimum absolute atomic E-state index is 0.0907. The van der Waals surface area contributed by atoms with Crippen LogP contribution in [0.3, 0.4) is 0 Å². The molecular formula is C14H15F3O. The van der Waals surface area contributed by atoms with Gasteiger partial charge in [0, 0.05) is 0 Å². The molecule has 4 heteroatoms. The fourth-order valence-electron chi connectivity index (χ4n) is 2.77. The lowest BCUT2D eigenvalue weighted by atomic mass is 9.74. The maximum absolute atomic E-state index is 12.6. The smallest absolute Gasteiger partial charge is 0.302 e. The Bertz CT molecular complexity index is 476. The van der Waals surface area contributed by atoms with Crippen molar-refractivity contribution < 1.29 is 18.0 Å².